The van der Waals surface area contributed by atoms with E-state index < -0.39 is 0 Å². The molecule has 0 unspecified atom stereocenters. The third-order valence-electron chi connectivity index (χ3n) is 15.0. The van der Waals surface area contributed by atoms with E-state index in [0.717, 1.165) is 17.1 Å². The third kappa shape index (κ3) is 5.89. The molecule has 3 heterocycles. The Labute approximate surface area is 391 Å². The van der Waals surface area contributed by atoms with E-state index in [2.05, 4.69) is 246 Å². The minimum absolute atomic E-state index is 0.0276. The van der Waals surface area contributed by atoms with Gasteiger partial charge in [0.15, 0.2) is 0 Å². The molecule has 0 aliphatic carbocycles. The molecular weight excluding hydrogens is 811 g/mol. The van der Waals surface area contributed by atoms with Crippen LogP contribution in [0.25, 0.3) is 115 Å². The highest BCUT2D eigenvalue weighted by Gasteiger charge is 2.24. The first kappa shape index (κ1) is 40.0. The third-order valence-corrected chi connectivity index (χ3v) is 15.0. The summed E-state index contributed by atoms with van der Waals surface area (Å²) in [7, 11) is 0. The molecule has 0 fully saturated rings. The van der Waals surface area contributed by atoms with Gasteiger partial charge < -0.3 is 13.7 Å². The van der Waals surface area contributed by atoms with Crippen LogP contribution in [0.5, 0.6) is 0 Å². The quantitative estimate of drug-likeness (QED) is 0.157. The maximum atomic E-state index is 2.54. The van der Waals surface area contributed by atoms with Crippen LogP contribution in [0.15, 0.2) is 170 Å². The highest BCUT2D eigenvalue weighted by molar-refractivity contribution is 6.24. The van der Waals surface area contributed by atoms with Gasteiger partial charge in [0.25, 0.3) is 0 Å². The van der Waals surface area contributed by atoms with Crippen molar-refractivity contribution >= 4 is 97.7 Å². The summed E-state index contributed by atoms with van der Waals surface area (Å²) in [4.78, 5) is 0. The Balaban J connectivity index is 1.12. The average molecular weight is 866 g/mol. The van der Waals surface area contributed by atoms with Crippen molar-refractivity contribution < 1.29 is 0 Å². The minimum Gasteiger partial charge on any atom is -0.309 e. The largest absolute Gasteiger partial charge is 0.309 e. The average Bonchev–Trinajstić information content (AvgIpc) is 3.94. The number of hydrogen-bond donors (Lipinski definition) is 0. The van der Waals surface area contributed by atoms with Crippen LogP contribution >= 0.6 is 0 Å². The number of benzene rings is 10. The summed E-state index contributed by atoms with van der Waals surface area (Å²) < 4.78 is 7.52. The lowest BCUT2D eigenvalue weighted by Crippen LogP contribution is -2.10. The van der Waals surface area contributed by atoms with E-state index in [1.54, 1.807) is 0 Å². The molecule has 0 aliphatic rings. The van der Waals surface area contributed by atoms with E-state index in [-0.39, 0.29) is 16.2 Å². The Kier molecular flexibility index (Phi) is 8.12. The van der Waals surface area contributed by atoms with Crippen molar-refractivity contribution in [3.63, 3.8) is 0 Å². The summed E-state index contributed by atoms with van der Waals surface area (Å²) >= 11 is 0. The van der Waals surface area contributed by atoms with E-state index >= 15 is 0 Å². The smallest absolute Gasteiger partial charge is 0.0561 e. The van der Waals surface area contributed by atoms with Crippen LogP contribution in [-0.4, -0.2) is 13.7 Å². The van der Waals surface area contributed by atoms with Gasteiger partial charge in [-0.1, -0.05) is 153 Å². The Morgan fingerprint density at radius 3 is 1.09 bits per heavy atom. The molecule has 10 aromatic carbocycles. The lowest BCUT2D eigenvalue weighted by atomic mass is 9.85. The molecule has 67 heavy (non-hydrogen) atoms. The van der Waals surface area contributed by atoms with E-state index in [0.29, 0.717) is 0 Å². The van der Waals surface area contributed by atoms with E-state index in [4.69, 9.17) is 0 Å². The van der Waals surface area contributed by atoms with E-state index in [9.17, 15) is 0 Å². The van der Waals surface area contributed by atoms with Gasteiger partial charge in [0.2, 0.25) is 0 Å². The normalized spacial score (nSPS) is 13.1. The van der Waals surface area contributed by atoms with Crippen molar-refractivity contribution in [3.8, 4) is 17.1 Å². The fourth-order valence-corrected chi connectivity index (χ4v) is 11.4. The molecule has 13 rings (SSSR count). The van der Waals surface area contributed by atoms with Crippen molar-refractivity contribution in [3.05, 3.63) is 187 Å². The molecule has 0 aliphatic heterocycles. The monoisotopic (exact) mass is 865 g/mol. The molecule has 0 bridgehead atoms. The number of aromatic nitrogens is 3. The summed E-state index contributed by atoms with van der Waals surface area (Å²) in [6.07, 6.45) is 0. The van der Waals surface area contributed by atoms with Crippen LogP contribution in [0.1, 0.15) is 79.0 Å². The van der Waals surface area contributed by atoms with E-state index in [1.165, 1.54) is 114 Å². The Hall–Kier alpha value is -7.36. The van der Waals surface area contributed by atoms with Gasteiger partial charge in [-0.2, -0.15) is 0 Å². The molecule has 0 radical (unpaired) electrons. The predicted octanol–water partition coefficient (Wildman–Crippen LogP) is 17.8. The summed E-state index contributed by atoms with van der Waals surface area (Å²) in [6.45, 7) is 20.8. The lowest BCUT2D eigenvalue weighted by Gasteiger charge is -2.19. The van der Waals surface area contributed by atoms with Crippen LogP contribution in [0.4, 0.5) is 0 Å². The zero-order valence-electron chi connectivity index (χ0n) is 40.0. The second kappa shape index (κ2) is 13.6. The molecule has 326 valence electrons. The van der Waals surface area contributed by atoms with Gasteiger partial charge in [-0.25, -0.2) is 0 Å². The molecule has 3 heteroatoms. The van der Waals surface area contributed by atoms with Gasteiger partial charge in [0.05, 0.1) is 33.1 Å². The summed E-state index contributed by atoms with van der Waals surface area (Å²) in [5, 5.41) is 15.4. The minimum atomic E-state index is 0.0276. The Morgan fingerprint density at radius 1 is 0.254 bits per heavy atom. The fourth-order valence-electron chi connectivity index (χ4n) is 11.4. The predicted molar refractivity (Wildman–Crippen MR) is 289 cm³/mol. The van der Waals surface area contributed by atoms with Gasteiger partial charge in [-0.05, 0) is 144 Å². The second-order valence-electron chi connectivity index (χ2n) is 22.3. The first-order chi connectivity index (χ1) is 32.1. The lowest BCUT2D eigenvalue weighted by molar-refractivity contribution is 0.590. The topological polar surface area (TPSA) is 14.8 Å². The van der Waals surface area contributed by atoms with Gasteiger partial charge in [-0.15, -0.1) is 0 Å². The fraction of sp³-hybridized carbons (Fsp3) is 0.188. The molecule has 0 N–H and O–H groups in total. The zero-order chi connectivity index (χ0) is 45.9. The Morgan fingerprint density at radius 2 is 0.627 bits per heavy atom. The van der Waals surface area contributed by atoms with Crippen molar-refractivity contribution in [2.75, 3.05) is 0 Å². The second-order valence-corrected chi connectivity index (χ2v) is 22.3. The molecule has 3 nitrogen and oxygen atoms in total. The van der Waals surface area contributed by atoms with Gasteiger partial charge in [0, 0.05) is 49.4 Å². The Bertz CT molecular complexity index is 4070. The van der Waals surface area contributed by atoms with Crippen LogP contribution in [0, 0.1) is 0 Å². The number of rotatable bonds is 3. The number of fused-ring (bicyclic) bond motifs is 9. The number of nitrogens with zero attached hydrogens (tertiary/aromatic N) is 3. The van der Waals surface area contributed by atoms with Crippen molar-refractivity contribution in [1.82, 2.24) is 13.7 Å². The van der Waals surface area contributed by atoms with Crippen LogP contribution in [0.3, 0.4) is 0 Å². The maximum Gasteiger partial charge on any atom is 0.0561 e. The molecule has 0 amide bonds. The van der Waals surface area contributed by atoms with Crippen LogP contribution < -0.4 is 0 Å². The molecule has 13 aromatic rings. The molecule has 0 spiro atoms. The highest BCUT2D eigenvalue weighted by atomic mass is 15.0. The molecule has 0 saturated heterocycles. The molecule has 3 aromatic heterocycles. The van der Waals surface area contributed by atoms with Crippen molar-refractivity contribution in [2.45, 2.75) is 78.6 Å². The van der Waals surface area contributed by atoms with Gasteiger partial charge in [-0.3, -0.25) is 0 Å². The summed E-state index contributed by atoms with van der Waals surface area (Å²) in [6, 6.07) is 65.2. The maximum absolute atomic E-state index is 2.54. The van der Waals surface area contributed by atoms with Gasteiger partial charge >= 0.3 is 0 Å². The number of hydrogen-bond acceptors (Lipinski definition) is 0. The first-order valence-electron chi connectivity index (χ1n) is 24.0. The van der Waals surface area contributed by atoms with Crippen LogP contribution in [-0.2, 0) is 16.2 Å². The van der Waals surface area contributed by atoms with Crippen molar-refractivity contribution in [1.29, 1.82) is 0 Å². The van der Waals surface area contributed by atoms with Crippen molar-refractivity contribution in [2.24, 2.45) is 0 Å². The SMILES string of the molecule is CC(C)(C)c1ccc2c(c1)c1ccccc1n2-c1ccc2c3ccc(-n4c5ccc(C(C)(C)C)cc5c5cc(C(C)(C)C)ccc54)cc3n(-c3cc4ccc5cccc6ccc(c3)c4c56)c2c1. The number of para-hydroxylation sites is 1. The standard InChI is InChI=1S/C64H55N3/c1-62(2,3)42-21-28-55-51(33-42)48-15-10-11-16-54(48)65(55)45-24-26-49-50-27-25-46(66-56-29-22-43(63(4,5)6)34-52(56)53-35-44(64(7,8)9)23-30-57(53)66)37-59(50)67(58(49)36-45)47-31-40-19-17-38-13-12-14-39-18-20-41(32-47)61(40)60(38)39/h10-37H,1-9H3. The molecule has 0 saturated carbocycles. The van der Waals surface area contributed by atoms with Gasteiger partial charge in [0.1, 0.15) is 0 Å². The van der Waals surface area contributed by atoms with E-state index in [1.807, 2.05) is 0 Å². The van der Waals surface area contributed by atoms with Crippen LogP contribution in [0.2, 0.25) is 0 Å². The highest BCUT2D eigenvalue weighted by Crippen LogP contribution is 2.43. The molecule has 0 atom stereocenters. The summed E-state index contributed by atoms with van der Waals surface area (Å²) in [5.74, 6) is 0. The summed E-state index contributed by atoms with van der Waals surface area (Å²) in [5.41, 5.74) is 14.8. The zero-order valence-corrected chi connectivity index (χ0v) is 40.0. The molecular formula is C64H55N3. The first-order valence-corrected chi connectivity index (χ1v) is 24.0.